The lowest BCUT2D eigenvalue weighted by Crippen LogP contribution is -2.11. The molecule has 116 valence electrons. The molecule has 0 saturated carbocycles. The molecule has 0 aliphatic carbocycles. The standard InChI is InChI=1S/C17H20N2O3/c1-3-22-16(20)11-9-14-8-10-15(19(14)2)17(21)12-4-6-13(18)7-5-12/h4-8,10H,3,9,11,18H2,1-2H3. The van der Waals surface area contributed by atoms with Gasteiger partial charge >= 0.3 is 5.97 Å². The van der Waals surface area contributed by atoms with E-state index >= 15 is 0 Å². The van der Waals surface area contributed by atoms with Crippen molar-refractivity contribution >= 4 is 17.4 Å². The molecule has 5 nitrogen and oxygen atoms in total. The van der Waals surface area contributed by atoms with Crippen LogP contribution in [0, 0.1) is 0 Å². The molecule has 5 heteroatoms. The predicted molar refractivity (Wildman–Crippen MR) is 84.7 cm³/mol. The number of hydrogen-bond donors (Lipinski definition) is 1. The third-order valence-electron chi connectivity index (χ3n) is 3.52. The summed E-state index contributed by atoms with van der Waals surface area (Å²) in [6, 6.07) is 10.5. The summed E-state index contributed by atoms with van der Waals surface area (Å²) in [6.07, 6.45) is 0.853. The Labute approximate surface area is 129 Å². The van der Waals surface area contributed by atoms with Gasteiger partial charge in [-0.15, -0.1) is 0 Å². The van der Waals surface area contributed by atoms with E-state index in [1.807, 2.05) is 17.7 Å². The third kappa shape index (κ3) is 3.55. The minimum absolute atomic E-state index is 0.0649. The fraction of sp³-hybridized carbons (Fsp3) is 0.294. The number of nitrogens with zero attached hydrogens (tertiary/aromatic N) is 1. The van der Waals surface area contributed by atoms with E-state index in [9.17, 15) is 9.59 Å². The Morgan fingerprint density at radius 1 is 1.14 bits per heavy atom. The number of carbonyl (C=O) groups is 2. The molecule has 0 fully saturated rings. The second-order valence-electron chi connectivity index (χ2n) is 5.03. The van der Waals surface area contributed by atoms with Gasteiger partial charge in [-0.2, -0.15) is 0 Å². The smallest absolute Gasteiger partial charge is 0.306 e. The highest BCUT2D eigenvalue weighted by Crippen LogP contribution is 2.15. The lowest BCUT2D eigenvalue weighted by molar-refractivity contribution is -0.143. The highest BCUT2D eigenvalue weighted by Gasteiger charge is 2.15. The molecule has 1 aromatic heterocycles. The minimum atomic E-state index is -0.227. The van der Waals surface area contributed by atoms with Gasteiger partial charge in [-0.1, -0.05) is 0 Å². The van der Waals surface area contributed by atoms with Gasteiger partial charge in [0, 0.05) is 24.0 Å². The Hall–Kier alpha value is -2.56. The van der Waals surface area contributed by atoms with Crippen molar-refractivity contribution in [2.75, 3.05) is 12.3 Å². The summed E-state index contributed by atoms with van der Waals surface area (Å²) in [6.45, 7) is 2.16. The summed E-state index contributed by atoms with van der Waals surface area (Å²) in [5.74, 6) is -0.292. The fourth-order valence-electron chi connectivity index (χ4n) is 2.28. The van der Waals surface area contributed by atoms with Crippen LogP contribution in [0.4, 0.5) is 5.69 Å². The first-order chi connectivity index (χ1) is 10.5. The van der Waals surface area contributed by atoms with Crippen LogP contribution in [0.1, 0.15) is 35.1 Å². The van der Waals surface area contributed by atoms with Gasteiger partial charge < -0.3 is 15.0 Å². The summed E-state index contributed by atoms with van der Waals surface area (Å²) in [5.41, 5.74) is 8.36. The zero-order chi connectivity index (χ0) is 16.1. The van der Waals surface area contributed by atoms with Gasteiger partial charge in [0.1, 0.15) is 0 Å². The van der Waals surface area contributed by atoms with Crippen molar-refractivity contribution < 1.29 is 14.3 Å². The summed E-state index contributed by atoms with van der Waals surface area (Å²) in [5, 5.41) is 0. The van der Waals surface area contributed by atoms with Crippen LogP contribution in [0.2, 0.25) is 0 Å². The summed E-state index contributed by atoms with van der Waals surface area (Å²) >= 11 is 0. The zero-order valence-electron chi connectivity index (χ0n) is 12.8. The predicted octanol–water partition coefficient (Wildman–Crippen LogP) is 2.33. The van der Waals surface area contributed by atoms with Gasteiger partial charge in [0.25, 0.3) is 0 Å². The van der Waals surface area contributed by atoms with Crippen LogP contribution in [-0.2, 0) is 23.0 Å². The van der Waals surface area contributed by atoms with E-state index in [4.69, 9.17) is 10.5 Å². The lowest BCUT2D eigenvalue weighted by Gasteiger charge is -2.07. The molecule has 0 aliphatic rings. The molecular weight excluding hydrogens is 280 g/mol. The van der Waals surface area contributed by atoms with Crippen LogP contribution in [0.5, 0.6) is 0 Å². The van der Waals surface area contributed by atoms with Gasteiger partial charge in [-0.3, -0.25) is 9.59 Å². The molecule has 0 atom stereocenters. The molecular formula is C17H20N2O3. The minimum Gasteiger partial charge on any atom is -0.466 e. The number of carbonyl (C=O) groups excluding carboxylic acids is 2. The number of esters is 1. The lowest BCUT2D eigenvalue weighted by atomic mass is 10.1. The fourth-order valence-corrected chi connectivity index (χ4v) is 2.28. The number of rotatable bonds is 6. The number of ether oxygens (including phenoxy) is 1. The maximum Gasteiger partial charge on any atom is 0.306 e. The van der Waals surface area contributed by atoms with Crippen molar-refractivity contribution in [2.45, 2.75) is 19.8 Å². The van der Waals surface area contributed by atoms with Crippen molar-refractivity contribution in [1.82, 2.24) is 4.57 Å². The number of anilines is 1. The molecule has 0 amide bonds. The second kappa shape index (κ2) is 6.93. The van der Waals surface area contributed by atoms with E-state index in [1.54, 1.807) is 37.3 Å². The first-order valence-corrected chi connectivity index (χ1v) is 7.23. The maximum absolute atomic E-state index is 12.5. The number of ketones is 1. The van der Waals surface area contributed by atoms with Crippen molar-refractivity contribution in [3.63, 3.8) is 0 Å². The van der Waals surface area contributed by atoms with Crippen molar-refractivity contribution in [3.05, 3.63) is 53.3 Å². The Bertz CT molecular complexity index is 672. The average molecular weight is 300 g/mol. The molecule has 2 aromatic rings. The van der Waals surface area contributed by atoms with E-state index in [0.717, 1.165) is 5.69 Å². The van der Waals surface area contributed by atoms with Crippen molar-refractivity contribution in [1.29, 1.82) is 0 Å². The first kappa shape index (κ1) is 15.8. The quantitative estimate of drug-likeness (QED) is 0.505. The Morgan fingerprint density at radius 3 is 2.45 bits per heavy atom. The van der Waals surface area contributed by atoms with Gasteiger partial charge in [-0.05, 0) is 49.7 Å². The number of nitrogens with two attached hydrogens (primary N) is 1. The van der Waals surface area contributed by atoms with Crippen LogP contribution in [-0.4, -0.2) is 22.9 Å². The van der Waals surface area contributed by atoms with Crippen LogP contribution in [0.3, 0.4) is 0 Å². The Balaban J connectivity index is 2.11. The SMILES string of the molecule is CCOC(=O)CCc1ccc(C(=O)c2ccc(N)cc2)n1C. The molecule has 0 radical (unpaired) electrons. The van der Waals surface area contributed by atoms with Crippen molar-refractivity contribution in [2.24, 2.45) is 7.05 Å². The van der Waals surface area contributed by atoms with Crippen LogP contribution in [0.15, 0.2) is 36.4 Å². The monoisotopic (exact) mass is 300 g/mol. The third-order valence-corrected chi connectivity index (χ3v) is 3.52. The molecule has 2 rings (SSSR count). The first-order valence-electron chi connectivity index (χ1n) is 7.23. The van der Waals surface area contributed by atoms with E-state index in [1.165, 1.54) is 0 Å². The van der Waals surface area contributed by atoms with Gasteiger partial charge in [0.2, 0.25) is 5.78 Å². The highest BCUT2D eigenvalue weighted by molar-refractivity contribution is 6.08. The second-order valence-corrected chi connectivity index (χ2v) is 5.03. The molecule has 0 saturated heterocycles. The molecule has 0 spiro atoms. The number of benzene rings is 1. The van der Waals surface area contributed by atoms with E-state index in [0.29, 0.717) is 36.4 Å². The van der Waals surface area contributed by atoms with Crippen LogP contribution in [0.25, 0.3) is 0 Å². The summed E-state index contributed by atoms with van der Waals surface area (Å²) in [7, 11) is 1.82. The maximum atomic E-state index is 12.5. The topological polar surface area (TPSA) is 74.3 Å². The average Bonchev–Trinajstić information content (AvgIpc) is 2.86. The number of aromatic nitrogens is 1. The molecule has 0 aliphatic heterocycles. The Morgan fingerprint density at radius 2 is 1.82 bits per heavy atom. The molecule has 0 unspecified atom stereocenters. The van der Waals surface area contributed by atoms with Gasteiger partial charge in [0.15, 0.2) is 0 Å². The highest BCUT2D eigenvalue weighted by atomic mass is 16.5. The largest absolute Gasteiger partial charge is 0.466 e. The van der Waals surface area contributed by atoms with Gasteiger partial charge in [0.05, 0.1) is 18.7 Å². The van der Waals surface area contributed by atoms with Crippen LogP contribution < -0.4 is 5.73 Å². The number of hydrogen-bond acceptors (Lipinski definition) is 4. The molecule has 0 bridgehead atoms. The zero-order valence-corrected chi connectivity index (χ0v) is 12.8. The van der Waals surface area contributed by atoms with E-state index in [-0.39, 0.29) is 11.8 Å². The molecule has 1 aromatic carbocycles. The molecule has 1 heterocycles. The Kier molecular flexibility index (Phi) is 4.99. The number of aryl methyl sites for hydroxylation is 1. The van der Waals surface area contributed by atoms with Crippen molar-refractivity contribution in [3.8, 4) is 0 Å². The van der Waals surface area contributed by atoms with E-state index in [2.05, 4.69) is 0 Å². The van der Waals surface area contributed by atoms with Crippen LogP contribution >= 0.6 is 0 Å². The normalized spacial score (nSPS) is 10.5. The summed E-state index contributed by atoms with van der Waals surface area (Å²) < 4.78 is 6.73. The summed E-state index contributed by atoms with van der Waals surface area (Å²) in [4.78, 5) is 23.9. The van der Waals surface area contributed by atoms with Gasteiger partial charge in [-0.25, -0.2) is 0 Å². The number of nitrogen functional groups attached to an aromatic ring is 1. The molecule has 2 N–H and O–H groups in total. The van der Waals surface area contributed by atoms with E-state index < -0.39 is 0 Å². The molecule has 22 heavy (non-hydrogen) atoms.